The second-order valence-electron chi connectivity index (χ2n) is 4.09. The number of rotatable bonds is 5. The predicted molar refractivity (Wildman–Crippen MR) is 62.0 cm³/mol. The first-order chi connectivity index (χ1) is 9.62. The molecule has 0 radical (unpaired) electrons. The molecule has 0 fully saturated rings. The third kappa shape index (κ3) is 4.71. The molecule has 1 amide bonds. The van der Waals surface area contributed by atoms with E-state index in [1.165, 1.54) is 0 Å². The number of carboxylic acids is 1. The summed E-state index contributed by atoms with van der Waals surface area (Å²) in [6.45, 7) is -0.331. The lowest BCUT2D eigenvalue weighted by molar-refractivity contribution is -0.146. The number of nitrogens with one attached hydrogen (secondary N) is 1. The molecule has 5 nitrogen and oxygen atoms in total. The van der Waals surface area contributed by atoms with E-state index in [2.05, 4.69) is 0 Å². The molecule has 1 atom stereocenters. The minimum Gasteiger partial charge on any atom is -0.479 e. The summed E-state index contributed by atoms with van der Waals surface area (Å²) in [5.74, 6) is -3.77. The van der Waals surface area contributed by atoms with Gasteiger partial charge >= 0.3 is 12.1 Å². The Morgan fingerprint density at radius 1 is 1.29 bits per heavy atom. The number of carboxylic acid groups (broad SMARTS) is 1. The van der Waals surface area contributed by atoms with Gasteiger partial charge in [0, 0.05) is 13.0 Å². The van der Waals surface area contributed by atoms with Crippen molar-refractivity contribution in [2.24, 2.45) is 0 Å². The third-order valence-corrected chi connectivity index (χ3v) is 2.53. The molecule has 21 heavy (non-hydrogen) atoms. The smallest absolute Gasteiger partial charge is 0.416 e. The summed E-state index contributed by atoms with van der Waals surface area (Å²) in [6.07, 6.45) is -6.80. The van der Waals surface area contributed by atoms with Gasteiger partial charge in [-0.2, -0.15) is 13.2 Å². The zero-order valence-corrected chi connectivity index (χ0v) is 10.4. The molecule has 1 rings (SSSR count). The van der Waals surface area contributed by atoms with Crippen LogP contribution in [-0.4, -0.2) is 34.7 Å². The number of amides is 1. The molecule has 116 valence electrons. The number of benzene rings is 1. The van der Waals surface area contributed by atoms with Crippen molar-refractivity contribution in [1.29, 1.82) is 0 Å². The highest BCUT2D eigenvalue weighted by atomic mass is 19.4. The summed E-state index contributed by atoms with van der Waals surface area (Å²) in [5, 5.41) is 19.4. The molecule has 0 saturated carbocycles. The van der Waals surface area contributed by atoms with Crippen LogP contribution in [0.25, 0.3) is 0 Å². The van der Waals surface area contributed by atoms with Crippen molar-refractivity contribution in [1.82, 2.24) is 5.32 Å². The predicted octanol–water partition coefficient (Wildman–Crippen LogP) is 1.41. The topological polar surface area (TPSA) is 86.6 Å². The second-order valence-corrected chi connectivity index (χ2v) is 4.09. The largest absolute Gasteiger partial charge is 0.479 e. The molecule has 9 heteroatoms. The molecule has 0 aromatic heterocycles. The van der Waals surface area contributed by atoms with Crippen LogP contribution in [0.5, 0.6) is 0 Å². The maximum Gasteiger partial charge on any atom is 0.416 e. The summed E-state index contributed by atoms with van der Waals surface area (Å²) in [7, 11) is 0. The minimum absolute atomic E-state index is 0.331. The lowest BCUT2D eigenvalue weighted by atomic mass is 10.1. The van der Waals surface area contributed by atoms with Gasteiger partial charge in [0.1, 0.15) is 5.82 Å². The molecule has 0 aliphatic rings. The first-order valence-corrected chi connectivity index (χ1v) is 5.68. The van der Waals surface area contributed by atoms with Crippen LogP contribution < -0.4 is 5.32 Å². The Labute approximate surface area is 116 Å². The summed E-state index contributed by atoms with van der Waals surface area (Å²) in [6, 6.07) is 1.38. The number of hydrogen-bond acceptors (Lipinski definition) is 3. The van der Waals surface area contributed by atoms with Gasteiger partial charge in [-0.1, -0.05) is 0 Å². The molecule has 0 aliphatic heterocycles. The first kappa shape index (κ1) is 16.9. The minimum atomic E-state index is -4.72. The molecule has 1 aromatic rings. The molecule has 0 heterocycles. The van der Waals surface area contributed by atoms with Crippen molar-refractivity contribution < 1.29 is 37.4 Å². The van der Waals surface area contributed by atoms with Crippen molar-refractivity contribution in [2.75, 3.05) is 6.54 Å². The normalized spacial score (nSPS) is 12.8. The van der Waals surface area contributed by atoms with Crippen molar-refractivity contribution in [2.45, 2.75) is 18.7 Å². The van der Waals surface area contributed by atoms with Gasteiger partial charge in [-0.3, -0.25) is 4.79 Å². The van der Waals surface area contributed by atoms with E-state index in [-0.39, 0.29) is 13.0 Å². The SMILES string of the molecule is O=C(NCCC(O)C(=O)O)c1cc(C(F)(F)F)ccc1F. The van der Waals surface area contributed by atoms with Crippen molar-refractivity contribution >= 4 is 11.9 Å². The summed E-state index contributed by atoms with van der Waals surface area (Å²) in [4.78, 5) is 21.9. The van der Waals surface area contributed by atoms with Crippen LogP contribution in [0.1, 0.15) is 22.3 Å². The Balaban J connectivity index is 2.76. The van der Waals surface area contributed by atoms with Gasteiger partial charge in [-0.25, -0.2) is 9.18 Å². The van der Waals surface area contributed by atoms with Gasteiger partial charge in [-0.15, -0.1) is 0 Å². The average Bonchev–Trinajstić information content (AvgIpc) is 2.37. The highest BCUT2D eigenvalue weighted by Gasteiger charge is 2.31. The molecule has 3 N–H and O–H groups in total. The quantitative estimate of drug-likeness (QED) is 0.718. The molecule has 0 aliphatic carbocycles. The van der Waals surface area contributed by atoms with Gasteiger partial charge < -0.3 is 15.5 Å². The summed E-state index contributed by atoms with van der Waals surface area (Å²) >= 11 is 0. The van der Waals surface area contributed by atoms with E-state index in [9.17, 15) is 27.2 Å². The highest BCUT2D eigenvalue weighted by molar-refractivity contribution is 5.94. The maximum atomic E-state index is 13.4. The zero-order valence-electron chi connectivity index (χ0n) is 10.4. The Kier molecular flexibility index (Phi) is 5.25. The number of carbonyl (C=O) groups excluding carboxylic acids is 1. The van der Waals surface area contributed by atoms with E-state index in [0.29, 0.717) is 18.2 Å². The van der Waals surface area contributed by atoms with Gasteiger partial charge in [-0.05, 0) is 18.2 Å². The van der Waals surface area contributed by atoms with Crippen LogP contribution in [0.3, 0.4) is 0 Å². The van der Waals surface area contributed by atoms with Crippen molar-refractivity contribution in [3.8, 4) is 0 Å². The number of aliphatic carboxylic acids is 1. The van der Waals surface area contributed by atoms with Crippen molar-refractivity contribution in [3.63, 3.8) is 0 Å². The van der Waals surface area contributed by atoms with Crippen LogP contribution >= 0.6 is 0 Å². The monoisotopic (exact) mass is 309 g/mol. The van der Waals surface area contributed by atoms with E-state index in [1.54, 1.807) is 0 Å². The van der Waals surface area contributed by atoms with Gasteiger partial charge in [0.15, 0.2) is 6.10 Å². The fourth-order valence-electron chi connectivity index (χ4n) is 1.42. The van der Waals surface area contributed by atoms with Gasteiger partial charge in [0.05, 0.1) is 11.1 Å². The Morgan fingerprint density at radius 3 is 2.43 bits per heavy atom. The zero-order chi connectivity index (χ0) is 16.2. The molecular formula is C12H11F4NO4. The standard InChI is InChI=1S/C12H11F4NO4/c13-8-2-1-6(12(14,15)16)5-7(8)10(19)17-4-3-9(18)11(20)21/h1-2,5,9,18H,3-4H2,(H,17,19)(H,20,21). The summed E-state index contributed by atoms with van der Waals surface area (Å²) in [5.41, 5.74) is -1.99. The van der Waals surface area contributed by atoms with Crippen LogP contribution in [0.4, 0.5) is 17.6 Å². The second kappa shape index (κ2) is 6.53. The molecule has 1 unspecified atom stereocenters. The molecule has 0 bridgehead atoms. The third-order valence-electron chi connectivity index (χ3n) is 2.53. The number of hydrogen-bond donors (Lipinski definition) is 3. The number of aliphatic hydroxyl groups is 1. The van der Waals surface area contributed by atoms with E-state index < -0.39 is 41.1 Å². The van der Waals surface area contributed by atoms with Crippen LogP contribution in [0.15, 0.2) is 18.2 Å². The Morgan fingerprint density at radius 2 is 1.90 bits per heavy atom. The van der Waals surface area contributed by atoms with Crippen LogP contribution in [-0.2, 0) is 11.0 Å². The van der Waals surface area contributed by atoms with E-state index in [1.807, 2.05) is 5.32 Å². The van der Waals surface area contributed by atoms with Crippen LogP contribution in [0, 0.1) is 5.82 Å². The van der Waals surface area contributed by atoms with Gasteiger partial charge in [0.2, 0.25) is 0 Å². The van der Waals surface area contributed by atoms with Gasteiger partial charge in [0.25, 0.3) is 5.91 Å². The van der Waals surface area contributed by atoms with E-state index in [4.69, 9.17) is 10.2 Å². The maximum absolute atomic E-state index is 13.4. The number of carbonyl (C=O) groups is 2. The highest BCUT2D eigenvalue weighted by Crippen LogP contribution is 2.30. The van der Waals surface area contributed by atoms with Crippen molar-refractivity contribution in [3.05, 3.63) is 35.1 Å². The Hall–Kier alpha value is -2.16. The average molecular weight is 309 g/mol. The lowest BCUT2D eigenvalue weighted by Crippen LogP contribution is -2.30. The molecule has 0 spiro atoms. The number of halogens is 4. The molecule has 0 saturated heterocycles. The molecule has 1 aromatic carbocycles. The molecular weight excluding hydrogens is 298 g/mol. The van der Waals surface area contributed by atoms with E-state index >= 15 is 0 Å². The van der Waals surface area contributed by atoms with E-state index in [0.717, 1.165) is 0 Å². The lowest BCUT2D eigenvalue weighted by Gasteiger charge is -2.11. The fraction of sp³-hybridized carbons (Fsp3) is 0.333. The number of aliphatic hydroxyl groups excluding tert-OH is 1. The fourth-order valence-corrected chi connectivity index (χ4v) is 1.42. The first-order valence-electron chi connectivity index (χ1n) is 5.68. The Bertz CT molecular complexity index is 545. The summed E-state index contributed by atoms with van der Waals surface area (Å²) < 4.78 is 50.7. The van der Waals surface area contributed by atoms with Crippen LogP contribution in [0.2, 0.25) is 0 Å². The number of alkyl halides is 3.